The van der Waals surface area contributed by atoms with Gasteiger partial charge in [-0.3, -0.25) is 9.99 Å². The van der Waals surface area contributed by atoms with Gasteiger partial charge in [0.1, 0.15) is 0 Å². The Labute approximate surface area is 165 Å². The molecule has 1 aromatic heterocycles. The van der Waals surface area contributed by atoms with Gasteiger partial charge in [-0.2, -0.15) is 13.2 Å². The largest absolute Gasteiger partial charge is 0.417 e. The molecular formula is C20H18ClF3N4. The summed E-state index contributed by atoms with van der Waals surface area (Å²) < 4.78 is 39.0. The molecular weight excluding hydrogens is 389 g/mol. The van der Waals surface area contributed by atoms with Gasteiger partial charge in [0, 0.05) is 42.1 Å². The average molecular weight is 407 g/mol. The monoisotopic (exact) mass is 406 g/mol. The average Bonchev–Trinajstić information content (AvgIpc) is 3.05. The van der Waals surface area contributed by atoms with Crippen LogP contribution in [0.1, 0.15) is 23.7 Å². The highest BCUT2D eigenvalue weighted by atomic mass is 35.5. The SMILES string of the molecule is Cc1cc(C2=CNN3C2=CN(c2ccc(C(F)(F)F)c(Cl)c2)C[C@@H]3C)ccn1. The van der Waals surface area contributed by atoms with E-state index in [2.05, 4.69) is 10.4 Å². The molecule has 0 fully saturated rings. The van der Waals surface area contributed by atoms with Crippen LogP contribution in [0.25, 0.3) is 5.57 Å². The summed E-state index contributed by atoms with van der Waals surface area (Å²) in [7, 11) is 0. The number of pyridine rings is 1. The minimum atomic E-state index is -4.47. The summed E-state index contributed by atoms with van der Waals surface area (Å²) >= 11 is 5.91. The fraction of sp³-hybridized carbons (Fsp3) is 0.250. The van der Waals surface area contributed by atoms with E-state index in [1.807, 2.05) is 48.3 Å². The lowest BCUT2D eigenvalue weighted by Crippen LogP contribution is -2.47. The number of alkyl halides is 3. The van der Waals surface area contributed by atoms with Crippen LogP contribution in [0.2, 0.25) is 5.02 Å². The number of fused-ring (bicyclic) bond motifs is 1. The van der Waals surface area contributed by atoms with Gasteiger partial charge in [0.25, 0.3) is 0 Å². The number of hydrogen-bond acceptors (Lipinski definition) is 4. The highest BCUT2D eigenvalue weighted by molar-refractivity contribution is 6.31. The van der Waals surface area contributed by atoms with Crippen molar-refractivity contribution in [1.82, 2.24) is 15.4 Å². The Morgan fingerprint density at radius 2 is 2.00 bits per heavy atom. The van der Waals surface area contributed by atoms with Gasteiger partial charge in [0.2, 0.25) is 0 Å². The number of hydrazine groups is 1. The summed E-state index contributed by atoms with van der Waals surface area (Å²) in [5.41, 5.74) is 6.94. The van der Waals surface area contributed by atoms with Crippen molar-refractivity contribution in [2.45, 2.75) is 26.1 Å². The predicted molar refractivity (Wildman–Crippen MR) is 103 cm³/mol. The lowest BCUT2D eigenvalue weighted by molar-refractivity contribution is -0.137. The molecule has 4 nitrogen and oxygen atoms in total. The molecule has 1 atom stereocenters. The number of rotatable bonds is 2. The second kappa shape index (κ2) is 6.74. The van der Waals surface area contributed by atoms with E-state index in [1.54, 1.807) is 6.20 Å². The minimum Gasteiger partial charge on any atom is -0.344 e. The van der Waals surface area contributed by atoms with E-state index in [0.717, 1.165) is 28.6 Å². The molecule has 1 aromatic carbocycles. The number of aromatic nitrogens is 1. The molecule has 0 bridgehead atoms. The highest BCUT2D eigenvalue weighted by Crippen LogP contribution is 2.39. The van der Waals surface area contributed by atoms with Crippen LogP contribution >= 0.6 is 11.6 Å². The van der Waals surface area contributed by atoms with Crippen LogP contribution in [0.15, 0.2) is 54.6 Å². The molecule has 0 saturated carbocycles. The van der Waals surface area contributed by atoms with Crippen molar-refractivity contribution >= 4 is 22.9 Å². The first-order valence-electron chi connectivity index (χ1n) is 8.78. The summed E-state index contributed by atoms with van der Waals surface area (Å²) in [6, 6.07) is 7.88. The number of allylic oxidation sites excluding steroid dienone is 1. The van der Waals surface area contributed by atoms with Crippen molar-refractivity contribution in [1.29, 1.82) is 0 Å². The Balaban J connectivity index is 1.71. The van der Waals surface area contributed by atoms with Crippen LogP contribution in [-0.2, 0) is 6.18 Å². The molecule has 0 aliphatic carbocycles. The zero-order valence-corrected chi connectivity index (χ0v) is 16.0. The Bertz CT molecular complexity index is 984. The fourth-order valence-electron chi connectivity index (χ4n) is 3.51. The van der Waals surface area contributed by atoms with Crippen LogP contribution in [-0.4, -0.2) is 22.6 Å². The van der Waals surface area contributed by atoms with E-state index >= 15 is 0 Å². The third kappa shape index (κ3) is 3.30. The van der Waals surface area contributed by atoms with Gasteiger partial charge in [-0.05, 0) is 49.7 Å². The third-order valence-corrected chi connectivity index (χ3v) is 5.17. The Morgan fingerprint density at radius 3 is 2.68 bits per heavy atom. The number of nitrogens with one attached hydrogen (secondary N) is 1. The van der Waals surface area contributed by atoms with Crippen molar-refractivity contribution in [3.63, 3.8) is 0 Å². The van der Waals surface area contributed by atoms with Gasteiger partial charge >= 0.3 is 6.18 Å². The summed E-state index contributed by atoms with van der Waals surface area (Å²) in [5.74, 6) is 0. The molecule has 146 valence electrons. The van der Waals surface area contributed by atoms with Gasteiger partial charge in [-0.1, -0.05) is 11.6 Å². The maximum absolute atomic E-state index is 13.0. The maximum Gasteiger partial charge on any atom is 0.417 e. The quantitative estimate of drug-likeness (QED) is 0.762. The summed E-state index contributed by atoms with van der Waals surface area (Å²) in [4.78, 5) is 6.16. The van der Waals surface area contributed by atoms with Crippen molar-refractivity contribution in [2.75, 3.05) is 11.4 Å². The van der Waals surface area contributed by atoms with Gasteiger partial charge in [-0.25, -0.2) is 0 Å². The molecule has 1 N–H and O–H groups in total. The zero-order valence-electron chi connectivity index (χ0n) is 15.3. The van der Waals surface area contributed by atoms with Crippen LogP contribution in [0.5, 0.6) is 0 Å². The van der Waals surface area contributed by atoms with Gasteiger partial charge in [-0.15, -0.1) is 0 Å². The van der Waals surface area contributed by atoms with E-state index in [9.17, 15) is 13.2 Å². The lowest BCUT2D eigenvalue weighted by atomic mass is 10.0. The predicted octanol–water partition coefficient (Wildman–Crippen LogP) is 4.97. The molecule has 2 aromatic rings. The summed E-state index contributed by atoms with van der Waals surface area (Å²) in [6.07, 6.45) is 1.15. The fourth-order valence-corrected chi connectivity index (χ4v) is 3.79. The van der Waals surface area contributed by atoms with Crippen LogP contribution in [0.3, 0.4) is 0 Å². The van der Waals surface area contributed by atoms with Gasteiger partial charge in [0.05, 0.1) is 22.3 Å². The van der Waals surface area contributed by atoms with Crippen molar-refractivity contribution in [3.8, 4) is 0 Å². The normalized spacial score (nSPS) is 19.1. The van der Waals surface area contributed by atoms with Crippen molar-refractivity contribution in [3.05, 3.63) is 76.5 Å². The number of nitrogens with zero attached hydrogens (tertiary/aromatic N) is 3. The Kier molecular flexibility index (Phi) is 4.50. The van der Waals surface area contributed by atoms with Crippen LogP contribution < -0.4 is 10.3 Å². The van der Waals surface area contributed by atoms with E-state index in [4.69, 9.17) is 11.6 Å². The van der Waals surface area contributed by atoms with Gasteiger partial charge in [0.15, 0.2) is 0 Å². The van der Waals surface area contributed by atoms with E-state index in [-0.39, 0.29) is 11.1 Å². The van der Waals surface area contributed by atoms with Crippen molar-refractivity contribution in [2.24, 2.45) is 0 Å². The molecule has 2 aliphatic heterocycles. The minimum absolute atomic E-state index is 0.0951. The summed E-state index contributed by atoms with van der Waals surface area (Å²) in [6.45, 7) is 4.58. The number of aryl methyl sites for hydroxylation is 1. The Morgan fingerprint density at radius 1 is 1.21 bits per heavy atom. The Hall–Kier alpha value is -2.67. The smallest absolute Gasteiger partial charge is 0.344 e. The molecule has 0 spiro atoms. The molecule has 0 radical (unpaired) electrons. The van der Waals surface area contributed by atoms with E-state index < -0.39 is 11.7 Å². The van der Waals surface area contributed by atoms with Crippen LogP contribution in [0.4, 0.5) is 18.9 Å². The topological polar surface area (TPSA) is 31.4 Å². The van der Waals surface area contributed by atoms with E-state index in [1.165, 1.54) is 12.1 Å². The molecule has 0 unspecified atom stereocenters. The maximum atomic E-state index is 13.0. The molecule has 28 heavy (non-hydrogen) atoms. The van der Waals surface area contributed by atoms with E-state index in [0.29, 0.717) is 12.2 Å². The molecule has 8 heteroatoms. The number of anilines is 1. The van der Waals surface area contributed by atoms with Gasteiger partial charge < -0.3 is 10.3 Å². The second-order valence-electron chi connectivity index (χ2n) is 6.92. The zero-order chi connectivity index (χ0) is 20.1. The number of benzene rings is 1. The lowest BCUT2D eigenvalue weighted by Gasteiger charge is -2.38. The molecule has 2 aliphatic rings. The second-order valence-corrected chi connectivity index (χ2v) is 7.33. The number of halogens is 4. The highest BCUT2D eigenvalue weighted by Gasteiger charge is 2.34. The van der Waals surface area contributed by atoms with Crippen LogP contribution in [0, 0.1) is 6.92 Å². The molecule has 4 rings (SSSR count). The summed E-state index contributed by atoms with van der Waals surface area (Å²) in [5, 5.41) is 1.75. The first-order chi connectivity index (χ1) is 13.2. The molecule has 0 saturated heterocycles. The molecule has 3 heterocycles. The first kappa shape index (κ1) is 18.7. The molecule has 0 amide bonds. The third-order valence-electron chi connectivity index (χ3n) is 4.86. The first-order valence-corrected chi connectivity index (χ1v) is 9.16. The number of hydrogen-bond donors (Lipinski definition) is 1. The van der Waals surface area contributed by atoms with Crippen molar-refractivity contribution < 1.29 is 13.2 Å². The standard InChI is InChI=1S/C20H18ClF3N4/c1-12-7-14(5-6-25-12)16-9-26-28-13(2)10-27(11-19(16)28)15-3-4-17(18(21)8-15)20(22,23)24/h3-9,11,13,26H,10H2,1-2H3/t13-/m0/s1.